The van der Waals surface area contributed by atoms with Crippen LogP contribution in [0.1, 0.15) is 25.7 Å². The van der Waals surface area contributed by atoms with Gasteiger partial charge in [0.1, 0.15) is 0 Å². The van der Waals surface area contributed by atoms with Gasteiger partial charge in [-0.25, -0.2) is 4.79 Å². The van der Waals surface area contributed by atoms with Crippen molar-refractivity contribution in [1.82, 2.24) is 15.1 Å². The first-order valence-electron chi connectivity index (χ1n) is 7.69. The molecule has 2 aliphatic heterocycles. The summed E-state index contributed by atoms with van der Waals surface area (Å²) in [6.45, 7) is 3.51. The van der Waals surface area contributed by atoms with Crippen LogP contribution in [0.4, 0.5) is 4.79 Å². The molecule has 118 valence electrons. The normalized spacial score (nSPS) is 37.2. The number of carboxylic acid groups (broad SMARTS) is 1. The van der Waals surface area contributed by atoms with Crippen LogP contribution in [-0.4, -0.2) is 76.4 Å². The van der Waals surface area contributed by atoms with Crippen LogP contribution in [0.25, 0.3) is 0 Å². The molecule has 7 heteroatoms. The minimum absolute atomic E-state index is 0.0142. The highest BCUT2D eigenvalue weighted by molar-refractivity contribution is 5.77. The molecule has 0 radical (unpaired) electrons. The van der Waals surface area contributed by atoms with Crippen LogP contribution < -0.4 is 5.32 Å². The van der Waals surface area contributed by atoms with E-state index >= 15 is 0 Å². The van der Waals surface area contributed by atoms with Gasteiger partial charge in [0, 0.05) is 32.7 Å². The lowest BCUT2D eigenvalue weighted by Crippen LogP contribution is -2.56. The number of carbonyl (C=O) groups is 2. The van der Waals surface area contributed by atoms with E-state index in [1.165, 1.54) is 0 Å². The van der Waals surface area contributed by atoms with Crippen molar-refractivity contribution in [1.29, 1.82) is 0 Å². The molecule has 0 bridgehead atoms. The number of nitrogens with zero attached hydrogens (tertiary/aromatic N) is 2. The van der Waals surface area contributed by atoms with Gasteiger partial charge in [0.15, 0.2) is 0 Å². The van der Waals surface area contributed by atoms with E-state index in [-0.39, 0.29) is 18.0 Å². The molecular formula is C14H23N3O4. The SMILES string of the molecule is O=C(O)C1CCC(O)(CN2CCN3C(=O)NCC3C2)CC1. The first kappa shape index (κ1) is 14.6. The van der Waals surface area contributed by atoms with E-state index in [4.69, 9.17) is 5.11 Å². The topological polar surface area (TPSA) is 93.1 Å². The van der Waals surface area contributed by atoms with Gasteiger partial charge in [0.25, 0.3) is 0 Å². The van der Waals surface area contributed by atoms with Crippen LogP contribution in [0.5, 0.6) is 0 Å². The maximum atomic E-state index is 11.6. The van der Waals surface area contributed by atoms with Crippen molar-refractivity contribution in [2.45, 2.75) is 37.3 Å². The van der Waals surface area contributed by atoms with Crippen LogP contribution in [-0.2, 0) is 4.79 Å². The van der Waals surface area contributed by atoms with Gasteiger partial charge in [-0.1, -0.05) is 0 Å². The standard InChI is InChI=1S/C14H23N3O4/c18-12(19)10-1-3-14(21,4-2-10)9-16-5-6-17-11(8-16)7-15-13(17)20/h10-11,21H,1-9H2,(H,15,20)(H,18,19). The Kier molecular flexibility index (Phi) is 3.79. The van der Waals surface area contributed by atoms with Crippen molar-refractivity contribution >= 4 is 12.0 Å². The van der Waals surface area contributed by atoms with Crippen LogP contribution in [0.2, 0.25) is 0 Å². The summed E-state index contributed by atoms with van der Waals surface area (Å²) in [4.78, 5) is 26.6. The lowest BCUT2D eigenvalue weighted by atomic mass is 9.78. The Hall–Kier alpha value is -1.34. The van der Waals surface area contributed by atoms with Crippen molar-refractivity contribution in [3.63, 3.8) is 0 Å². The number of rotatable bonds is 3. The summed E-state index contributed by atoms with van der Waals surface area (Å²) in [5.41, 5.74) is -0.774. The van der Waals surface area contributed by atoms with Gasteiger partial charge in [-0.05, 0) is 25.7 Å². The summed E-state index contributed by atoms with van der Waals surface area (Å²) in [7, 11) is 0. The average Bonchev–Trinajstić information content (AvgIpc) is 2.80. The number of piperazine rings is 1. The molecule has 2 heterocycles. The lowest BCUT2D eigenvalue weighted by molar-refractivity contribution is -0.145. The van der Waals surface area contributed by atoms with Crippen LogP contribution in [0, 0.1) is 5.92 Å². The number of fused-ring (bicyclic) bond motifs is 1. The third-order valence-electron chi connectivity index (χ3n) is 5.10. The molecule has 1 aliphatic carbocycles. The van der Waals surface area contributed by atoms with Crippen molar-refractivity contribution in [3.8, 4) is 0 Å². The van der Waals surface area contributed by atoms with Crippen molar-refractivity contribution in [2.75, 3.05) is 32.7 Å². The Morgan fingerprint density at radius 2 is 2.05 bits per heavy atom. The number of nitrogens with one attached hydrogen (secondary N) is 1. The largest absolute Gasteiger partial charge is 0.481 e. The van der Waals surface area contributed by atoms with E-state index in [1.54, 1.807) is 0 Å². The quantitative estimate of drug-likeness (QED) is 0.665. The Bertz CT molecular complexity index is 434. The van der Waals surface area contributed by atoms with Gasteiger partial charge >= 0.3 is 12.0 Å². The molecule has 0 spiro atoms. The zero-order valence-electron chi connectivity index (χ0n) is 12.1. The van der Waals surface area contributed by atoms with E-state index in [0.717, 1.165) is 13.1 Å². The molecule has 2 saturated heterocycles. The number of amides is 2. The minimum atomic E-state index is -0.774. The fourth-order valence-electron chi connectivity index (χ4n) is 3.79. The number of hydrogen-bond acceptors (Lipinski definition) is 4. The van der Waals surface area contributed by atoms with Gasteiger partial charge < -0.3 is 20.4 Å². The highest BCUT2D eigenvalue weighted by atomic mass is 16.4. The van der Waals surface area contributed by atoms with Crippen LogP contribution in [0.3, 0.4) is 0 Å². The molecule has 3 N–H and O–H groups in total. The van der Waals surface area contributed by atoms with E-state index < -0.39 is 11.6 Å². The van der Waals surface area contributed by atoms with Crippen molar-refractivity contribution in [2.24, 2.45) is 5.92 Å². The molecule has 0 aromatic heterocycles. The molecule has 21 heavy (non-hydrogen) atoms. The zero-order chi connectivity index (χ0) is 15.0. The number of aliphatic carboxylic acids is 1. The minimum Gasteiger partial charge on any atom is -0.481 e. The summed E-state index contributed by atoms with van der Waals surface area (Å²) < 4.78 is 0. The maximum absolute atomic E-state index is 11.6. The van der Waals surface area contributed by atoms with Crippen LogP contribution in [0.15, 0.2) is 0 Å². The molecule has 1 atom stereocenters. The first-order chi connectivity index (χ1) is 9.97. The molecule has 1 saturated carbocycles. The van der Waals surface area contributed by atoms with Gasteiger partial charge in [-0.15, -0.1) is 0 Å². The predicted molar refractivity (Wildman–Crippen MR) is 74.9 cm³/mol. The highest BCUT2D eigenvalue weighted by Gasteiger charge is 2.40. The fraction of sp³-hybridized carbons (Fsp3) is 0.857. The van der Waals surface area contributed by atoms with Gasteiger partial charge in [-0.2, -0.15) is 0 Å². The van der Waals surface area contributed by atoms with Gasteiger partial charge in [0.2, 0.25) is 0 Å². The number of carbonyl (C=O) groups excluding carboxylic acids is 1. The Labute approximate surface area is 123 Å². The number of hydrogen-bond donors (Lipinski definition) is 3. The molecule has 1 unspecified atom stereocenters. The summed E-state index contributed by atoms with van der Waals surface area (Å²) in [5.74, 6) is -1.06. The second-order valence-corrected chi connectivity index (χ2v) is 6.61. The summed E-state index contributed by atoms with van der Waals surface area (Å²) in [6, 6.07) is 0.213. The molecule has 2 amide bonds. The maximum Gasteiger partial charge on any atom is 0.317 e. The lowest BCUT2D eigenvalue weighted by Gasteiger charge is -2.42. The Morgan fingerprint density at radius 3 is 2.71 bits per heavy atom. The Balaban J connectivity index is 1.53. The molecular weight excluding hydrogens is 274 g/mol. The van der Waals surface area contributed by atoms with E-state index in [0.29, 0.717) is 45.3 Å². The van der Waals surface area contributed by atoms with E-state index in [1.807, 2.05) is 4.90 Å². The smallest absolute Gasteiger partial charge is 0.317 e. The number of carboxylic acids is 1. The van der Waals surface area contributed by atoms with Crippen molar-refractivity contribution in [3.05, 3.63) is 0 Å². The molecule has 0 aromatic rings. The van der Waals surface area contributed by atoms with Gasteiger partial charge in [-0.3, -0.25) is 9.69 Å². The van der Waals surface area contributed by atoms with E-state index in [9.17, 15) is 14.7 Å². The third-order valence-corrected chi connectivity index (χ3v) is 5.10. The second kappa shape index (κ2) is 5.46. The predicted octanol–water partition coefficient (Wildman–Crippen LogP) is -0.298. The monoisotopic (exact) mass is 297 g/mol. The molecule has 3 aliphatic rings. The van der Waals surface area contributed by atoms with E-state index in [2.05, 4.69) is 10.2 Å². The first-order valence-corrected chi connectivity index (χ1v) is 7.69. The third kappa shape index (κ3) is 2.98. The molecule has 0 aromatic carbocycles. The highest BCUT2D eigenvalue weighted by Crippen LogP contribution is 2.33. The summed E-state index contributed by atoms with van der Waals surface area (Å²) in [5, 5.41) is 22.6. The Morgan fingerprint density at radius 1 is 1.33 bits per heavy atom. The molecule has 7 nitrogen and oxygen atoms in total. The zero-order valence-corrected chi connectivity index (χ0v) is 12.1. The second-order valence-electron chi connectivity index (χ2n) is 6.61. The molecule has 3 rings (SSSR count). The number of aliphatic hydroxyl groups is 1. The fourth-order valence-corrected chi connectivity index (χ4v) is 3.79. The average molecular weight is 297 g/mol. The number of β-amino-alcohol motifs (C(OH)–C–C–N with tert-alkyl or cyclic N) is 1. The number of urea groups is 1. The van der Waals surface area contributed by atoms with Crippen molar-refractivity contribution < 1.29 is 19.8 Å². The summed E-state index contributed by atoms with van der Waals surface area (Å²) >= 11 is 0. The van der Waals surface area contributed by atoms with Crippen LogP contribution >= 0.6 is 0 Å². The summed E-state index contributed by atoms with van der Waals surface area (Å²) in [6.07, 6.45) is 2.20. The molecule has 3 fully saturated rings. The van der Waals surface area contributed by atoms with Gasteiger partial charge in [0.05, 0.1) is 17.6 Å².